The highest BCUT2D eigenvalue weighted by atomic mass is 16.6. The van der Waals surface area contributed by atoms with E-state index in [9.17, 15) is 19.7 Å². The number of nitro benzene ring substituents is 1. The molecule has 0 aromatic heterocycles. The first-order valence-electron chi connectivity index (χ1n) is 11.1. The maximum absolute atomic E-state index is 12.6. The lowest BCUT2D eigenvalue weighted by atomic mass is 9.99. The Morgan fingerprint density at radius 1 is 1.23 bits per heavy atom. The average molecular weight is 434 g/mol. The molecule has 1 fully saturated rings. The SMILES string of the molecule is CC(C)CN(CC(C)C)C(=O)COC(=O)c1ccc(N2CCC[C@H](C)C2)c([N+](=O)[O-])c1. The second kappa shape index (κ2) is 11.1. The fourth-order valence-electron chi connectivity index (χ4n) is 3.93. The Bertz CT molecular complexity index is 783. The number of carbonyl (C=O) groups is 2. The van der Waals surface area contributed by atoms with E-state index in [2.05, 4.69) is 6.92 Å². The van der Waals surface area contributed by atoms with Crippen LogP contribution in [0.4, 0.5) is 11.4 Å². The number of carbonyl (C=O) groups excluding carboxylic acids is 2. The second-order valence-corrected chi connectivity index (χ2v) is 9.32. The standard InChI is InChI=1S/C23H35N3O5/c1-16(2)12-25(13-17(3)4)22(27)15-31-23(28)19-8-9-20(21(11-19)26(29)30)24-10-6-7-18(5)14-24/h8-9,11,16-18H,6-7,10,12-15H2,1-5H3/t18-/m0/s1. The molecule has 0 spiro atoms. The van der Waals surface area contributed by atoms with E-state index in [0.717, 1.165) is 25.9 Å². The van der Waals surface area contributed by atoms with Gasteiger partial charge in [0, 0.05) is 32.2 Å². The molecule has 2 rings (SSSR count). The van der Waals surface area contributed by atoms with Gasteiger partial charge in [-0.2, -0.15) is 0 Å². The summed E-state index contributed by atoms with van der Waals surface area (Å²) in [5, 5.41) is 11.6. The summed E-state index contributed by atoms with van der Waals surface area (Å²) in [5.74, 6) is 0.0639. The summed E-state index contributed by atoms with van der Waals surface area (Å²) in [6.45, 7) is 12.5. The quantitative estimate of drug-likeness (QED) is 0.330. The molecule has 31 heavy (non-hydrogen) atoms. The van der Waals surface area contributed by atoms with Crippen molar-refractivity contribution in [2.75, 3.05) is 37.7 Å². The molecule has 0 saturated carbocycles. The molecule has 1 saturated heterocycles. The van der Waals surface area contributed by atoms with Crippen molar-refractivity contribution >= 4 is 23.3 Å². The van der Waals surface area contributed by atoms with E-state index in [0.29, 0.717) is 36.5 Å². The lowest BCUT2D eigenvalue weighted by molar-refractivity contribution is -0.384. The zero-order valence-corrected chi connectivity index (χ0v) is 19.3. The summed E-state index contributed by atoms with van der Waals surface area (Å²) in [5.41, 5.74) is 0.480. The van der Waals surface area contributed by atoms with Crippen LogP contribution in [0, 0.1) is 27.9 Å². The summed E-state index contributed by atoms with van der Waals surface area (Å²) < 4.78 is 5.20. The van der Waals surface area contributed by atoms with Gasteiger partial charge in [0.05, 0.1) is 10.5 Å². The first kappa shape index (κ1) is 24.6. The van der Waals surface area contributed by atoms with Crippen LogP contribution in [0.5, 0.6) is 0 Å². The normalized spacial score (nSPS) is 16.5. The smallest absolute Gasteiger partial charge is 0.338 e. The number of nitrogens with zero attached hydrogens (tertiary/aromatic N) is 3. The van der Waals surface area contributed by atoms with Crippen LogP contribution in [0.15, 0.2) is 18.2 Å². The van der Waals surface area contributed by atoms with E-state index < -0.39 is 10.9 Å². The molecule has 0 N–H and O–H groups in total. The molecule has 172 valence electrons. The number of hydrogen-bond acceptors (Lipinski definition) is 6. The van der Waals surface area contributed by atoms with E-state index in [-0.39, 0.29) is 23.8 Å². The number of esters is 1. The summed E-state index contributed by atoms with van der Waals surface area (Å²) in [7, 11) is 0. The molecule has 0 unspecified atom stereocenters. The first-order chi connectivity index (χ1) is 14.6. The average Bonchev–Trinajstić information content (AvgIpc) is 2.70. The third-order valence-electron chi connectivity index (χ3n) is 5.26. The summed E-state index contributed by atoms with van der Waals surface area (Å²) >= 11 is 0. The molecule has 0 bridgehead atoms. The van der Waals surface area contributed by atoms with Crippen LogP contribution >= 0.6 is 0 Å². The molecule has 1 aliphatic rings. The van der Waals surface area contributed by atoms with Gasteiger partial charge in [0.25, 0.3) is 11.6 Å². The molecule has 8 heteroatoms. The van der Waals surface area contributed by atoms with Gasteiger partial charge in [-0.25, -0.2) is 4.79 Å². The van der Waals surface area contributed by atoms with Crippen molar-refractivity contribution in [2.24, 2.45) is 17.8 Å². The monoisotopic (exact) mass is 433 g/mol. The minimum atomic E-state index is -0.732. The number of hydrogen-bond donors (Lipinski definition) is 0. The van der Waals surface area contributed by atoms with E-state index in [1.807, 2.05) is 32.6 Å². The predicted octanol–water partition coefficient (Wildman–Crippen LogP) is 4.13. The summed E-state index contributed by atoms with van der Waals surface area (Å²) in [6, 6.07) is 4.40. The van der Waals surface area contributed by atoms with Gasteiger partial charge in [-0.05, 0) is 42.7 Å². The molecular weight excluding hydrogens is 398 g/mol. The Morgan fingerprint density at radius 2 is 1.87 bits per heavy atom. The van der Waals surface area contributed by atoms with E-state index in [1.165, 1.54) is 12.1 Å². The fourth-order valence-corrected chi connectivity index (χ4v) is 3.93. The molecule has 1 aliphatic heterocycles. The van der Waals surface area contributed by atoms with E-state index in [4.69, 9.17) is 4.74 Å². The highest BCUT2D eigenvalue weighted by Crippen LogP contribution is 2.32. The third kappa shape index (κ3) is 7.22. The zero-order chi connectivity index (χ0) is 23.1. The molecule has 1 heterocycles. The van der Waals surface area contributed by atoms with Gasteiger partial charge in [0.1, 0.15) is 5.69 Å². The van der Waals surface area contributed by atoms with Crippen LogP contribution in [0.1, 0.15) is 57.8 Å². The van der Waals surface area contributed by atoms with Gasteiger partial charge in [-0.1, -0.05) is 34.6 Å². The lowest BCUT2D eigenvalue weighted by Crippen LogP contribution is -2.39. The van der Waals surface area contributed by atoms with Crippen molar-refractivity contribution in [1.29, 1.82) is 0 Å². The van der Waals surface area contributed by atoms with Crippen LogP contribution in [0.25, 0.3) is 0 Å². The number of anilines is 1. The highest BCUT2D eigenvalue weighted by molar-refractivity contribution is 5.93. The van der Waals surface area contributed by atoms with Crippen molar-refractivity contribution in [3.8, 4) is 0 Å². The number of ether oxygens (including phenoxy) is 1. The maximum Gasteiger partial charge on any atom is 0.338 e. The molecule has 8 nitrogen and oxygen atoms in total. The Morgan fingerprint density at radius 3 is 2.42 bits per heavy atom. The van der Waals surface area contributed by atoms with Crippen LogP contribution < -0.4 is 4.90 Å². The van der Waals surface area contributed by atoms with Gasteiger partial charge >= 0.3 is 5.97 Å². The van der Waals surface area contributed by atoms with Crippen LogP contribution in [0.2, 0.25) is 0 Å². The summed E-state index contributed by atoms with van der Waals surface area (Å²) in [6.07, 6.45) is 2.08. The minimum Gasteiger partial charge on any atom is -0.452 e. The van der Waals surface area contributed by atoms with Crippen LogP contribution in [0.3, 0.4) is 0 Å². The lowest BCUT2D eigenvalue weighted by Gasteiger charge is -2.32. The first-order valence-corrected chi connectivity index (χ1v) is 11.1. The van der Waals surface area contributed by atoms with Crippen molar-refractivity contribution in [1.82, 2.24) is 4.90 Å². The van der Waals surface area contributed by atoms with Gasteiger partial charge in [0.15, 0.2) is 6.61 Å². The number of amides is 1. The molecule has 1 aromatic carbocycles. The fraction of sp³-hybridized carbons (Fsp3) is 0.652. The molecule has 1 aromatic rings. The summed E-state index contributed by atoms with van der Waals surface area (Å²) in [4.78, 5) is 39.9. The second-order valence-electron chi connectivity index (χ2n) is 9.32. The number of rotatable bonds is 9. The van der Waals surface area contributed by atoms with Gasteiger partial charge in [0.2, 0.25) is 0 Å². The largest absolute Gasteiger partial charge is 0.452 e. The van der Waals surface area contributed by atoms with Crippen LogP contribution in [-0.2, 0) is 9.53 Å². The highest BCUT2D eigenvalue weighted by Gasteiger charge is 2.26. The molecular formula is C23H35N3O5. The molecule has 1 amide bonds. The number of nitro groups is 1. The van der Waals surface area contributed by atoms with Gasteiger partial charge in [-0.3, -0.25) is 14.9 Å². The zero-order valence-electron chi connectivity index (χ0n) is 19.3. The molecule has 0 aliphatic carbocycles. The number of piperidine rings is 1. The predicted molar refractivity (Wildman–Crippen MR) is 120 cm³/mol. The van der Waals surface area contributed by atoms with Crippen molar-refractivity contribution in [2.45, 2.75) is 47.5 Å². The van der Waals surface area contributed by atoms with Crippen molar-refractivity contribution in [3.63, 3.8) is 0 Å². The minimum absolute atomic E-state index is 0.0765. The maximum atomic E-state index is 12.6. The Kier molecular flexibility index (Phi) is 8.83. The van der Waals surface area contributed by atoms with Crippen molar-refractivity contribution in [3.05, 3.63) is 33.9 Å². The Balaban J connectivity index is 2.09. The van der Waals surface area contributed by atoms with Gasteiger partial charge in [-0.15, -0.1) is 0 Å². The van der Waals surface area contributed by atoms with Crippen LogP contribution in [-0.4, -0.2) is 54.5 Å². The van der Waals surface area contributed by atoms with Crippen molar-refractivity contribution < 1.29 is 19.2 Å². The topological polar surface area (TPSA) is 93.0 Å². The third-order valence-corrected chi connectivity index (χ3v) is 5.26. The number of benzene rings is 1. The van der Waals surface area contributed by atoms with Gasteiger partial charge < -0.3 is 14.5 Å². The molecule has 1 atom stereocenters. The van der Waals surface area contributed by atoms with E-state index >= 15 is 0 Å². The van der Waals surface area contributed by atoms with E-state index in [1.54, 1.807) is 11.0 Å². The Labute approximate surface area is 184 Å². The Hall–Kier alpha value is -2.64. The molecule has 0 radical (unpaired) electrons.